The molecule has 2 aliphatic rings. The lowest BCUT2D eigenvalue weighted by Crippen LogP contribution is -2.43. The van der Waals surface area contributed by atoms with Crippen LogP contribution in [0.1, 0.15) is 38.5 Å². The Labute approximate surface area is 133 Å². The van der Waals surface area contributed by atoms with Gasteiger partial charge < -0.3 is 15.8 Å². The number of nitrogens with one attached hydrogen (secondary N) is 1. The van der Waals surface area contributed by atoms with Gasteiger partial charge >= 0.3 is 0 Å². The lowest BCUT2D eigenvalue weighted by molar-refractivity contribution is 0.0731. The number of nitrogens with two attached hydrogens (primary N) is 1. The molecule has 0 spiro atoms. The van der Waals surface area contributed by atoms with Crippen LogP contribution in [0.3, 0.4) is 0 Å². The second kappa shape index (κ2) is 8.69. The van der Waals surface area contributed by atoms with Gasteiger partial charge in [0.2, 0.25) is 10.0 Å². The topological polar surface area (TPSA) is 97.0 Å². The highest BCUT2D eigenvalue weighted by Crippen LogP contribution is 2.16. The van der Waals surface area contributed by atoms with E-state index >= 15 is 0 Å². The Balaban J connectivity index is 1.75. The highest BCUT2D eigenvalue weighted by molar-refractivity contribution is 7.89. The van der Waals surface area contributed by atoms with Crippen molar-refractivity contribution in [1.29, 1.82) is 0 Å². The average molecular weight is 332 g/mol. The third-order valence-electron chi connectivity index (χ3n) is 4.20. The molecule has 1 aliphatic heterocycles. The molecular formula is C14H28N4O3S. The SMILES string of the molecule is NC(=NCCS(=O)(=O)N1CCOCC1)NC1CCCCCC1. The fourth-order valence-electron chi connectivity index (χ4n) is 2.91. The van der Waals surface area contributed by atoms with Gasteiger partial charge in [-0.1, -0.05) is 25.7 Å². The fraction of sp³-hybridized carbons (Fsp3) is 0.929. The molecular weight excluding hydrogens is 304 g/mol. The van der Waals surface area contributed by atoms with Crippen molar-refractivity contribution in [2.24, 2.45) is 10.7 Å². The summed E-state index contributed by atoms with van der Waals surface area (Å²) < 4.78 is 30.9. The highest BCUT2D eigenvalue weighted by Gasteiger charge is 2.23. The number of morpholine rings is 1. The predicted molar refractivity (Wildman–Crippen MR) is 87.3 cm³/mol. The Hall–Kier alpha value is -0.860. The quantitative estimate of drug-likeness (QED) is 0.428. The Kier molecular flexibility index (Phi) is 6.91. The van der Waals surface area contributed by atoms with Gasteiger partial charge in [-0.2, -0.15) is 4.31 Å². The zero-order chi connectivity index (χ0) is 15.8. The standard InChI is InChI=1S/C14H28N4O3S/c15-14(17-13-5-3-1-2-4-6-13)16-7-12-22(19,20)18-8-10-21-11-9-18/h13H,1-12H2,(H3,15,16,17). The number of hydrogen-bond donors (Lipinski definition) is 2. The van der Waals surface area contributed by atoms with Crippen molar-refractivity contribution >= 4 is 16.0 Å². The van der Waals surface area contributed by atoms with Gasteiger partial charge in [-0.05, 0) is 12.8 Å². The van der Waals surface area contributed by atoms with Crippen LogP contribution in [-0.4, -0.2) is 63.3 Å². The summed E-state index contributed by atoms with van der Waals surface area (Å²) >= 11 is 0. The molecule has 2 rings (SSSR count). The summed E-state index contributed by atoms with van der Waals surface area (Å²) in [5.74, 6) is 0.365. The van der Waals surface area contributed by atoms with Gasteiger partial charge in [0.05, 0.1) is 25.5 Å². The maximum Gasteiger partial charge on any atom is 0.216 e. The lowest BCUT2D eigenvalue weighted by Gasteiger charge is -2.25. The van der Waals surface area contributed by atoms with Crippen molar-refractivity contribution in [3.8, 4) is 0 Å². The number of hydrogen-bond acceptors (Lipinski definition) is 4. The maximum absolute atomic E-state index is 12.1. The van der Waals surface area contributed by atoms with Crippen LogP contribution in [0.15, 0.2) is 4.99 Å². The minimum absolute atomic E-state index is 0.0000463. The molecule has 22 heavy (non-hydrogen) atoms. The van der Waals surface area contributed by atoms with E-state index in [-0.39, 0.29) is 12.3 Å². The number of guanidine groups is 1. The van der Waals surface area contributed by atoms with E-state index in [0.29, 0.717) is 38.3 Å². The van der Waals surface area contributed by atoms with Gasteiger partial charge in [0.15, 0.2) is 5.96 Å². The van der Waals surface area contributed by atoms with Crippen molar-refractivity contribution in [1.82, 2.24) is 9.62 Å². The zero-order valence-corrected chi connectivity index (χ0v) is 14.0. The number of aliphatic imine (C=N–C) groups is 1. The van der Waals surface area contributed by atoms with Crippen LogP contribution in [0, 0.1) is 0 Å². The molecule has 0 aromatic carbocycles. The summed E-state index contributed by atoms with van der Waals surface area (Å²) in [5.41, 5.74) is 5.87. The molecule has 7 nitrogen and oxygen atoms in total. The van der Waals surface area contributed by atoms with E-state index in [1.807, 2.05) is 0 Å². The monoisotopic (exact) mass is 332 g/mol. The molecule has 0 radical (unpaired) electrons. The molecule has 0 unspecified atom stereocenters. The van der Waals surface area contributed by atoms with Gasteiger partial charge in [0, 0.05) is 19.1 Å². The first-order valence-corrected chi connectivity index (χ1v) is 9.81. The van der Waals surface area contributed by atoms with Crippen molar-refractivity contribution in [2.75, 3.05) is 38.6 Å². The second-order valence-electron chi connectivity index (χ2n) is 5.93. The largest absolute Gasteiger partial charge is 0.379 e. The first-order chi connectivity index (χ1) is 10.6. The molecule has 0 atom stereocenters. The predicted octanol–water partition coefficient (Wildman–Crippen LogP) is 0.276. The molecule has 1 saturated heterocycles. The van der Waals surface area contributed by atoms with Crippen LogP contribution >= 0.6 is 0 Å². The molecule has 1 heterocycles. The van der Waals surface area contributed by atoms with Crippen molar-refractivity contribution in [3.63, 3.8) is 0 Å². The zero-order valence-electron chi connectivity index (χ0n) is 13.2. The number of sulfonamides is 1. The van der Waals surface area contributed by atoms with Crippen LogP contribution in [0.5, 0.6) is 0 Å². The van der Waals surface area contributed by atoms with Crippen molar-refractivity contribution in [2.45, 2.75) is 44.6 Å². The molecule has 3 N–H and O–H groups in total. The van der Waals surface area contributed by atoms with E-state index in [0.717, 1.165) is 12.8 Å². The Morgan fingerprint density at radius 2 is 1.82 bits per heavy atom. The minimum Gasteiger partial charge on any atom is -0.379 e. The fourth-order valence-corrected chi connectivity index (χ4v) is 4.20. The molecule has 0 bridgehead atoms. The lowest BCUT2D eigenvalue weighted by atomic mass is 10.1. The molecule has 2 fully saturated rings. The number of nitrogens with zero attached hydrogens (tertiary/aromatic N) is 2. The van der Waals surface area contributed by atoms with Gasteiger partial charge in [0.25, 0.3) is 0 Å². The van der Waals surface area contributed by atoms with Gasteiger partial charge in [-0.15, -0.1) is 0 Å². The summed E-state index contributed by atoms with van der Waals surface area (Å²) in [7, 11) is -3.26. The average Bonchev–Trinajstić information content (AvgIpc) is 2.76. The van der Waals surface area contributed by atoms with E-state index in [2.05, 4.69) is 10.3 Å². The number of ether oxygens (including phenoxy) is 1. The highest BCUT2D eigenvalue weighted by atomic mass is 32.2. The van der Waals surface area contributed by atoms with Gasteiger partial charge in [-0.25, -0.2) is 8.42 Å². The molecule has 0 amide bonds. The minimum atomic E-state index is -3.26. The van der Waals surface area contributed by atoms with Crippen LogP contribution in [0.2, 0.25) is 0 Å². The molecule has 128 valence electrons. The van der Waals surface area contributed by atoms with E-state index in [9.17, 15) is 8.42 Å². The molecule has 0 aromatic rings. The molecule has 8 heteroatoms. The van der Waals surface area contributed by atoms with Gasteiger partial charge in [0.1, 0.15) is 0 Å². The van der Waals surface area contributed by atoms with Crippen molar-refractivity contribution < 1.29 is 13.2 Å². The first kappa shape index (κ1) is 17.5. The summed E-state index contributed by atoms with van der Waals surface area (Å²) in [6.07, 6.45) is 7.23. The number of rotatable bonds is 5. The van der Waals surface area contributed by atoms with Crippen molar-refractivity contribution in [3.05, 3.63) is 0 Å². The van der Waals surface area contributed by atoms with Gasteiger partial charge in [-0.3, -0.25) is 4.99 Å². The summed E-state index contributed by atoms with van der Waals surface area (Å²) in [6.45, 7) is 2.00. The Bertz CT molecular complexity index is 453. The van der Waals surface area contributed by atoms with Crippen LogP contribution in [0.25, 0.3) is 0 Å². The normalized spacial score (nSPS) is 23.2. The first-order valence-electron chi connectivity index (χ1n) is 8.20. The molecule has 1 saturated carbocycles. The van der Waals surface area contributed by atoms with E-state index in [4.69, 9.17) is 10.5 Å². The summed E-state index contributed by atoms with van der Waals surface area (Å²) in [4.78, 5) is 4.18. The smallest absolute Gasteiger partial charge is 0.216 e. The summed E-state index contributed by atoms with van der Waals surface area (Å²) in [6, 6.07) is 0.377. The van der Waals surface area contributed by atoms with E-state index < -0.39 is 10.0 Å². The van der Waals surface area contributed by atoms with Crippen LogP contribution in [-0.2, 0) is 14.8 Å². The second-order valence-corrected chi connectivity index (χ2v) is 8.02. The summed E-state index contributed by atoms with van der Waals surface area (Å²) in [5, 5.41) is 3.22. The third kappa shape index (κ3) is 5.73. The Morgan fingerprint density at radius 3 is 2.45 bits per heavy atom. The van der Waals surface area contributed by atoms with E-state index in [1.165, 1.54) is 30.0 Å². The Morgan fingerprint density at radius 1 is 1.18 bits per heavy atom. The molecule has 1 aliphatic carbocycles. The van der Waals surface area contributed by atoms with Crippen LogP contribution < -0.4 is 11.1 Å². The third-order valence-corrected chi connectivity index (χ3v) is 6.05. The molecule has 0 aromatic heterocycles. The van der Waals surface area contributed by atoms with E-state index in [1.54, 1.807) is 0 Å². The van der Waals surface area contributed by atoms with Crippen LogP contribution in [0.4, 0.5) is 0 Å². The maximum atomic E-state index is 12.1.